The van der Waals surface area contributed by atoms with Gasteiger partial charge in [0.25, 0.3) is 10.2 Å². The van der Waals surface area contributed by atoms with Crippen molar-refractivity contribution >= 4 is 16.1 Å². The smallest absolute Gasteiger partial charge is 0.279 e. The predicted octanol–water partition coefficient (Wildman–Crippen LogP) is 0.115. The maximum Gasteiger partial charge on any atom is 0.279 e. The number of carbonyl (C=O) groups is 1. The van der Waals surface area contributed by atoms with Crippen molar-refractivity contribution in [2.45, 2.75) is 19.5 Å². The van der Waals surface area contributed by atoms with Crippen LogP contribution in [0.4, 0.5) is 0 Å². The van der Waals surface area contributed by atoms with Crippen LogP contribution in [0.3, 0.4) is 0 Å². The molecule has 1 aromatic carbocycles. The van der Waals surface area contributed by atoms with E-state index < -0.39 is 16.3 Å². The highest BCUT2D eigenvalue weighted by molar-refractivity contribution is 7.87. The second-order valence-corrected chi connectivity index (χ2v) is 8.13. The molecule has 1 amide bonds. The number of carbonyl (C=O) groups excluding carboxylic acids is 1. The van der Waals surface area contributed by atoms with Crippen molar-refractivity contribution in [1.29, 1.82) is 0 Å². The fourth-order valence-corrected chi connectivity index (χ4v) is 3.38. The molecule has 1 heterocycles. The first-order chi connectivity index (χ1) is 11.3. The van der Waals surface area contributed by atoms with Crippen LogP contribution in [-0.2, 0) is 21.5 Å². The van der Waals surface area contributed by atoms with Gasteiger partial charge in [0.15, 0.2) is 0 Å². The number of benzene rings is 1. The molecule has 7 nitrogen and oxygen atoms in total. The summed E-state index contributed by atoms with van der Waals surface area (Å²) in [6, 6.07) is 9.46. The first-order valence-corrected chi connectivity index (χ1v) is 9.48. The molecule has 1 fully saturated rings. The van der Waals surface area contributed by atoms with Gasteiger partial charge in [-0.25, -0.2) is 0 Å². The molecule has 0 spiro atoms. The molecule has 0 bridgehead atoms. The number of hydrogen-bond donors (Lipinski definition) is 1. The number of nitrogens with one attached hydrogen (secondary N) is 1. The predicted molar refractivity (Wildman–Crippen MR) is 93.5 cm³/mol. The molecule has 1 aliphatic heterocycles. The molecule has 2 rings (SSSR count). The topological polar surface area (TPSA) is 73.0 Å². The van der Waals surface area contributed by atoms with E-state index >= 15 is 0 Å². The van der Waals surface area contributed by atoms with Crippen LogP contribution >= 0.6 is 0 Å². The van der Waals surface area contributed by atoms with Crippen LogP contribution in [0.5, 0.6) is 0 Å². The normalized spacial score (nSPS) is 17.9. The van der Waals surface area contributed by atoms with Crippen LogP contribution < -0.4 is 4.72 Å². The summed E-state index contributed by atoms with van der Waals surface area (Å²) < 4.78 is 27.1. The number of rotatable bonds is 6. The van der Waals surface area contributed by atoms with Crippen molar-refractivity contribution in [2.75, 3.05) is 40.3 Å². The van der Waals surface area contributed by atoms with Crippen molar-refractivity contribution < 1.29 is 13.2 Å². The Morgan fingerprint density at radius 2 is 1.75 bits per heavy atom. The lowest BCUT2D eigenvalue weighted by molar-refractivity contribution is -0.134. The van der Waals surface area contributed by atoms with Crippen LogP contribution in [-0.4, -0.2) is 74.7 Å². The molecule has 0 unspecified atom stereocenters. The minimum absolute atomic E-state index is 0.181. The highest BCUT2D eigenvalue weighted by atomic mass is 32.2. The number of piperazine rings is 1. The molecule has 1 atom stereocenters. The van der Waals surface area contributed by atoms with E-state index in [1.807, 2.05) is 18.2 Å². The zero-order valence-electron chi connectivity index (χ0n) is 14.5. The molecule has 1 aromatic rings. The van der Waals surface area contributed by atoms with Gasteiger partial charge in [-0.15, -0.1) is 0 Å². The Bertz CT molecular complexity index is 641. The van der Waals surface area contributed by atoms with Gasteiger partial charge in [0, 0.05) is 46.8 Å². The van der Waals surface area contributed by atoms with Crippen LogP contribution in [0.15, 0.2) is 30.3 Å². The van der Waals surface area contributed by atoms with Crippen molar-refractivity contribution in [1.82, 2.24) is 18.8 Å². The zero-order valence-corrected chi connectivity index (χ0v) is 15.3. The summed E-state index contributed by atoms with van der Waals surface area (Å²) in [6.45, 7) is 5.24. The Morgan fingerprint density at radius 1 is 1.17 bits per heavy atom. The third-order valence-electron chi connectivity index (χ3n) is 4.11. The summed E-state index contributed by atoms with van der Waals surface area (Å²) in [5.41, 5.74) is 1.25. The average molecular weight is 354 g/mol. The maximum absolute atomic E-state index is 12.4. The van der Waals surface area contributed by atoms with Crippen LogP contribution in [0.1, 0.15) is 12.5 Å². The minimum Gasteiger partial charge on any atom is -0.339 e. The van der Waals surface area contributed by atoms with E-state index in [1.165, 1.54) is 19.7 Å². The van der Waals surface area contributed by atoms with Gasteiger partial charge in [-0.3, -0.25) is 9.69 Å². The van der Waals surface area contributed by atoms with Gasteiger partial charge in [0.1, 0.15) is 0 Å². The zero-order chi connectivity index (χ0) is 17.7. The molecule has 0 aromatic heterocycles. The maximum atomic E-state index is 12.4. The Hall–Kier alpha value is -1.48. The van der Waals surface area contributed by atoms with Crippen molar-refractivity contribution in [3.05, 3.63) is 35.9 Å². The van der Waals surface area contributed by atoms with E-state index in [-0.39, 0.29) is 5.91 Å². The molecule has 1 N–H and O–H groups in total. The van der Waals surface area contributed by atoms with Crippen molar-refractivity contribution in [3.63, 3.8) is 0 Å². The Morgan fingerprint density at radius 3 is 2.29 bits per heavy atom. The molecule has 8 heteroatoms. The summed E-state index contributed by atoms with van der Waals surface area (Å²) >= 11 is 0. The summed E-state index contributed by atoms with van der Waals surface area (Å²) in [5, 5.41) is 0. The van der Waals surface area contributed by atoms with E-state index in [4.69, 9.17) is 0 Å². The molecule has 0 saturated carbocycles. The van der Waals surface area contributed by atoms with Gasteiger partial charge in [0.05, 0.1) is 6.04 Å². The first kappa shape index (κ1) is 18.9. The third-order valence-corrected chi connectivity index (χ3v) is 5.72. The van der Waals surface area contributed by atoms with E-state index in [9.17, 15) is 13.2 Å². The largest absolute Gasteiger partial charge is 0.339 e. The van der Waals surface area contributed by atoms with E-state index in [0.29, 0.717) is 13.1 Å². The second-order valence-electron chi connectivity index (χ2n) is 6.21. The lowest BCUT2D eigenvalue weighted by atomic mass is 10.2. The van der Waals surface area contributed by atoms with Crippen LogP contribution in [0.25, 0.3) is 0 Å². The SMILES string of the molecule is C[C@H](NS(=O)(=O)N(C)C)C(=O)N1CCN(Cc2ccccc2)CC1. The monoisotopic (exact) mass is 354 g/mol. The molecule has 0 radical (unpaired) electrons. The second kappa shape index (κ2) is 8.06. The summed E-state index contributed by atoms with van der Waals surface area (Å²) in [5.74, 6) is -0.181. The van der Waals surface area contributed by atoms with E-state index in [0.717, 1.165) is 23.9 Å². The molecule has 24 heavy (non-hydrogen) atoms. The van der Waals surface area contributed by atoms with E-state index in [1.54, 1.807) is 11.8 Å². The lowest BCUT2D eigenvalue weighted by Crippen LogP contribution is -2.54. The molecule has 1 aliphatic rings. The summed E-state index contributed by atoms with van der Waals surface area (Å²) in [7, 11) is -0.742. The summed E-state index contributed by atoms with van der Waals surface area (Å²) in [6.07, 6.45) is 0. The molecule has 1 saturated heterocycles. The Labute approximate surface area is 144 Å². The molecule has 0 aliphatic carbocycles. The van der Waals surface area contributed by atoms with E-state index in [2.05, 4.69) is 21.8 Å². The van der Waals surface area contributed by atoms with Crippen molar-refractivity contribution in [2.24, 2.45) is 0 Å². The highest BCUT2D eigenvalue weighted by Gasteiger charge is 2.28. The van der Waals surface area contributed by atoms with Gasteiger partial charge in [0.2, 0.25) is 5.91 Å². The summed E-state index contributed by atoms with van der Waals surface area (Å²) in [4.78, 5) is 16.5. The Balaban J connectivity index is 1.84. The van der Waals surface area contributed by atoms with Gasteiger partial charge in [-0.2, -0.15) is 17.4 Å². The van der Waals surface area contributed by atoms with Gasteiger partial charge in [-0.05, 0) is 12.5 Å². The van der Waals surface area contributed by atoms with Crippen LogP contribution in [0.2, 0.25) is 0 Å². The fraction of sp³-hybridized carbons (Fsp3) is 0.562. The minimum atomic E-state index is -3.61. The van der Waals surface area contributed by atoms with Gasteiger partial charge < -0.3 is 4.90 Å². The van der Waals surface area contributed by atoms with Gasteiger partial charge >= 0.3 is 0 Å². The highest BCUT2D eigenvalue weighted by Crippen LogP contribution is 2.09. The van der Waals surface area contributed by atoms with Crippen molar-refractivity contribution in [3.8, 4) is 0 Å². The number of amides is 1. The number of hydrogen-bond acceptors (Lipinski definition) is 4. The fourth-order valence-electron chi connectivity index (χ4n) is 2.62. The molecular weight excluding hydrogens is 328 g/mol. The quantitative estimate of drug-likeness (QED) is 0.787. The lowest BCUT2D eigenvalue weighted by Gasteiger charge is -2.36. The standard InChI is InChI=1S/C16H26N4O3S/c1-14(17-24(22,23)18(2)3)16(21)20-11-9-19(10-12-20)13-15-7-5-4-6-8-15/h4-8,14,17H,9-13H2,1-3H3/t14-/m0/s1. The third kappa shape index (κ3) is 5.01. The Kier molecular flexibility index (Phi) is 6.34. The van der Waals surface area contributed by atoms with Gasteiger partial charge in [-0.1, -0.05) is 30.3 Å². The molecular formula is C16H26N4O3S. The van der Waals surface area contributed by atoms with Crippen LogP contribution in [0, 0.1) is 0 Å². The average Bonchev–Trinajstić information content (AvgIpc) is 2.55. The number of nitrogens with zero attached hydrogens (tertiary/aromatic N) is 3. The molecule has 134 valence electrons. The first-order valence-electron chi connectivity index (χ1n) is 8.04.